The maximum Gasteiger partial charge on any atom is 0.336 e. The summed E-state index contributed by atoms with van der Waals surface area (Å²) in [6.07, 6.45) is 0.970. The summed E-state index contributed by atoms with van der Waals surface area (Å²) in [6, 6.07) is 7.25. The molecule has 104 valence electrons. The minimum atomic E-state index is -0.426. The van der Waals surface area contributed by atoms with Gasteiger partial charge in [0.05, 0.1) is 18.8 Å². The summed E-state index contributed by atoms with van der Waals surface area (Å²) >= 11 is 0. The van der Waals surface area contributed by atoms with E-state index in [2.05, 4.69) is 13.5 Å². The first-order chi connectivity index (χ1) is 9.17. The van der Waals surface area contributed by atoms with Crippen LogP contribution in [0.15, 0.2) is 36.4 Å². The lowest BCUT2D eigenvalue weighted by Crippen LogP contribution is -2.13. The first-order valence-electron chi connectivity index (χ1n) is 6.38. The van der Waals surface area contributed by atoms with Crippen LogP contribution in [0.2, 0.25) is 0 Å². The molecule has 4 nitrogen and oxygen atoms in total. The van der Waals surface area contributed by atoms with E-state index in [-0.39, 0.29) is 6.61 Å². The lowest BCUT2D eigenvalue weighted by molar-refractivity contribution is -0.138. The van der Waals surface area contributed by atoms with Gasteiger partial charge in [-0.05, 0) is 37.6 Å². The van der Waals surface area contributed by atoms with Gasteiger partial charge in [-0.3, -0.25) is 0 Å². The van der Waals surface area contributed by atoms with E-state index in [1.165, 1.54) is 0 Å². The number of hydrogen-bond acceptors (Lipinski definition) is 4. The van der Waals surface area contributed by atoms with E-state index in [0.717, 1.165) is 12.2 Å². The van der Waals surface area contributed by atoms with Gasteiger partial charge in [-0.15, -0.1) is 0 Å². The van der Waals surface area contributed by atoms with E-state index >= 15 is 0 Å². The van der Waals surface area contributed by atoms with Crippen LogP contribution >= 0.6 is 0 Å². The number of carbonyl (C=O) groups is 1. The quantitative estimate of drug-likeness (QED) is 0.535. The van der Waals surface area contributed by atoms with Gasteiger partial charge in [-0.2, -0.15) is 0 Å². The molecule has 0 amide bonds. The van der Waals surface area contributed by atoms with Gasteiger partial charge in [0.25, 0.3) is 0 Å². The zero-order valence-electron chi connectivity index (χ0n) is 11.5. The Morgan fingerprint density at radius 3 is 2.21 bits per heavy atom. The second-order valence-electron chi connectivity index (χ2n) is 3.93. The van der Waals surface area contributed by atoms with Crippen LogP contribution in [0, 0.1) is 0 Å². The van der Waals surface area contributed by atoms with Gasteiger partial charge in [0, 0.05) is 0 Å². The molecule has 0 heterocycles. The van der Waals surface area contributed by atoms with Gasteiger partial charge >= 0.3 is 5.97 Å². The largest absolute Gasteiger partial charge is 0.494 e. The topological polar surface area (TPSA) is 44.8 Å². The maximum atomic E-state index is 11.3. The van der Waals surface area contributed by atoms with Crippen LogP contribution in [0.3, 0.4) is 0 Å². The lowest BCUT2D eigenvalue weighted by Gasteiger charge is -2.09. The van der Waals surface area contributed by atoms with Crippen molar-refractivity contribution >= 4 is 5.97 Å². The van der Waals surface area contributed by atoms with Crippen molar-refractivity contribution in [3.63, 3.8) is 0 Å². The highest BCUT2D eigenvalue weighted by atomic mass is 16.5. The Balaban J connectivity index is 2.41. The third kappa shape index (κ3) is 5.46. The molecule has 0 aliphatic carbocycles. The molecule has 19 heavy (non-hydrogen) atoms. The molecule has 4 heteroatoms. The number of carbonyl (C=O) groups excluding carboxylic acids is 1. The summed E-state index contributed by atoms with van der Waals surface area (Å²) in [5, 5.41) is 0. The van der Waals surface area contributed by atoms with Crippen LogP contribution in [0.1, 0.15) is 20.3 Å². The molecule has 0 atom stereocenters. The van der Waals surface area contributed by atoms with Crippen molar-refractivity contribution in [1.82, 2.24) is 0 Å². The molecule has 1 aromatic carbocycles. The molecule has 1 aromatic rings. The molecule has 0 N–H and O–H groups in total. The zero-order valence-corrected chi connectivity index (χ0v) is 11.5. The molecule has 0 aliphatic rings. The van der Waals surface area contributed by atoms with Crippen LogP contribution in [-0.4, -0.2) is 25.8 Å². The number of ether oxygens (including phenoxy) is 3. The van der Waals surface area contributed by atoms with Gasteiger partial charge in [0.15, 0.2) is 0 Å². The molecule has 0 aromatic heterocycles. The SMILES string of the molecule is C=C(COc1ccc(OCCC)cc1)C(=O)OCC. The smallest absolute Gasteiger partial charge is 0.336 e. The molecule has 0 bridgehead atoms. The Labute approximate surface area is 114 Å². The number of benzene rings is 1. The highest BCUT2D eigenvalue weighted by Gasteiger charge is 2.08. The van der Waals surface area contributed by atoms with Crippen molar-refractivity contribution < 1.29 is 19.0 Å². The molecule has 0 radical (unpaired) electrons. The van der Waals surface area contributed by atoms with E-state index < -0.39 is 5.97 Å². The van der Waals surface area contributed by atoms with Crippen LogP contribution in [0.25, 0.3) is 0 Å². The highest BCUT2D eigenvalue weighted by molar-refractivity contribution is 5.88. The van der Waals surface area contributed by atoms with E-state index in [9.17, 15) is 4.79 Å². The fourth-order valence-corrected chi connectivity index (χ4v) is 1.31. The standard InChI is InChI=1S/C15H20O4/c1-4-10-18-13-6-8-14(9-7-13)19-11-12(3)15(16)17-5-2/h6-9H,3-5,10-11H2,1-2H3. The zero-order chi connectivity index (χ0) is 14.1. The average molecular weight is 264 g/mol. The third-order valence-corrected chi connectivity index (χ3v) is 2.27. The number of rotatable bonds is 8. The van der Waals surface area contributed by atoms with Gasteiger partial charge < -0.3 is 14.2 Å². The summed E-state index contributed by atoms with van der Waals surface area (Å²) in [4.78, 5) is 11.3. The molecule has 0 unspecified atom stereocenters. The van der Waals surface area contributed by atoms with Crippen LogP contribution in [0.4, 0.5) is 0 Å². The summed E-state index contributed by atoms with van der Waals surface area (Å²) in [5.74, 6) is 1.04. The molecular weight excluding hydrogens is 244 g/mol. The van der Waals surface area contributed by atoms with Gasteiger partial charge in [0.1, 0.15) is 18.1 Å². The van der Waals surface area contributed by atoms with E-state index in [0.29, 0.717) is 24.5 Å². The summed E-state index contributed by atoms with van der Waals surface area (Å²) in [5.41, 5.74) is 0.299. The Kier molecular flexibility index (Phi) is 6.50. The van der Waals surface area contributed by atoms with Crippen molar-refractivity contribution in [1.29, 1.82) is 0 Å². The monoisotopic (exact) mass is 264 g/mol. The fraction of sp³-hybridized carbons (Fsp3) is 0.400. The summed E-state index contributed by atoms with van der Waals surface area (Å²) in [6.45, 7) is 8.58. The van der Waals surface area contributed by atoms with Crippen molar-refractivity contribution in [2.75, 3.05) is 19.8 Å². The minimum absolute atomic E-state index is 0.119. The normalized spacial score (nSPS) is 9.79. The first kappa shape index (κ1) is 15.1. The highest BCUT2D eigenvalue weighted by Crippen LogP contribution is 2.18. The van der Waals surface area contributed by atoms with E-state index in [1.807, 2.05) is 12.1 Å². The van der Waals surface area contributed by atoms with Crippen molar-refractivity contribution in [2.45, 2.75) is 20.3 Å². The lowest BCUT2D eigenvalue weighted by atomic mass is 10.3. The van der Waals surface area contributed by atoms with E-state index in [1.54, 1.807) is 19.1 Å². The number of hydrogen-bond donors (Lipinski definition) is 0. The van der Waals surface area contributed by atoms with Crippen molar-refractivity contribution in [3.05, 3.63) is 36.4 Å². The second-order valence-corrected chi connectivity index (χ2v) is 3.93. The Morgan fingerprint density at radius 2 is 1.68 bits per heavy atom. The molecule has 0 saturated carbocycles. The first-order valence-corrected chi connectivity index (χ1v) is 6.38. The Hall–Kier alpha value is -1.97. The van der Waals surface area contributed by atoms with Crippen LogP contribution < -0.4 is 9.47 Å². The number of esters is 1. The molecular formula is C15H20O4. The van der Waals surface area contributed by atoms with Crippen LogP contribution in [-0.2, 0) is 9.53 Å². The average Bonchev–Trinajstić information content (AvgIpc) is 2.43. The third-order valence-electron chi connectivity index (χ3n) is 2.27. The minimum Gasteiger partial charge on any atom is -0.494 e. The van der Waals surface area contributed by atoms with Crippen LogP contribution in [0.5, 0.6) is 11.5 Å². The molecule has 0 saturated heterocycles. The van der Waals surface area contributed by atoms with Gasteiger partial charge in [-0.25, -0.2) is 4.79 Å². The predicted octanol–water partition coefficient (Wildman–Crippen LogP) is 2.97. The van der Waals surface area contributed by atoms with Crippen molar-refractivity contribution in [2.24, 2.45) is 0 Å². The fourth-order valence-electron chi connectivity index (χ4n) is 1.31. The van der Waals surface area contributed by atoms with Crippen molar-refractivity contribution in [3.8, 4) is 11.5 Å². The Morgan fingerprint density at radius 1 is 1.11 bits per heavy atom. The van der Waals surface area contributed by atoms with Gasteiger partial charge in [0.2, 0.25) is 0 Å². The van der Waals surface area contributed by atoms with Gasteiger partial charge in [-0.1, -0.05) is 13.5 Å². The summed E-state index contributed by atoms with van der Waals surface area (Å²) in [7, 11) is 0. The van der Waals surface area contributed by atoms with E-state index in [4.69, 9.17) is 14.2 Å². The molecule has 0 spiro atoms. The molecule has 0 fully saturated rings. The summed E-state index contributed by atoms with van der Waals surface area (Å²) < 4.78 is 15.7. The molecule has 1 rings (SSSR count). The molecule has 0 aliphatic heterocycles. The second kappa shape index (κ2) is 8.19. The predicted molar refractivity (Wildman–Crippen MR) is 73.5 cm³/mol. The maximum absolute atomic E-state index is 11.3. The Bertz CT molecular complexity index is 409.